The molecule has 0 bridgehead atoms. The molecule has 2 rings (SSSR count). The zero-order valence-electron chi connectivity index (χ0n) is 11.8. The SMILES string of the molecule is Cc1ccc([N+](=O)[O-])cc1N[C@@H]1O[C@H]([C@H](O)CO)[C@H](O)[C@H]1O. The minimum absolute atomic E-state index is 0.131. The van der Waals surface area contributed by atoms with Crippen LogP contribution in [0.15, 0.2) is 18.2 Å². The highest BCUT2D eigenvalue weighted by Crippen LogP contribution is 2.28. The number of hydrogen-bond donors (Lipinski definition) is 5. The fourth-order valence-corrected chi connectivity index (χ4v) is 2.28. The van der Waals surface area contributed by atoms with Gasteiger partial charge in [0.05, 0.1) is 11.5 Å². The highest BCUT2D eigenvalue weighted by Gasteiger charge is 2.45. The molecule has 1 aliphatic heterocycles. The van der Waals surface area contributed by atoms with Crippen LogP contribution in [-0.4, -0.2) is 62.6 Å². The lowest BCUT2D eigenvalue weighted by Gasteiger charge is -2.20. The van der Waals surface area contributed by atoms with E-state index in [4.69, 9.17) is 9.84 Å². The third-order valence-electron chi connectivity index (χ3n) is 3.60. The molecular weight excluding hydrogens is 296 g/mol. The number of aliphatic hydroxyl groups excluding tert-OH is 4. The zero-order chi connectivity index (χ0) is 16.4. The van der Waals surface area contributed by atoms with Crippen LogP contribution in [0.4, 0.5) is 11.4 Å². The van der Waals surface area contributed by atoms with Crippen molar-refractivity contribution in [3.8, 4) is 0 Å². The molecule has 0 unspecified atom stereocenters. The van der Waals surface area contributed by atoms with Crippen LogP contribution < -0.4 is 5.32 Å². The summed E-state index contributed by atoms with van der Waals surface area (Å²) in [5.74, 6) is 0. The van der Waals surface area contributed by atoms with Gasteiger partial charge < -0.3 is 30.5 Å². The standard InChI is InChI=1S/C13H18N2O7/c1-6-2-3-7(15(20)21)4-8(6)14-13-11(19)10(18)12(22-13)9(17)5-16/h2-4,9-14,16-19H,5H2,1H3/t9-,10-,11-,12-,13-/m1/s1. The van der Waals surface area contributed by atoms with E-state index in [9.17, 15) is 25.4 Å². The Morgan fingerprint density at radius 2 is 2.09 bits per heavy atom. The maximum atomic E-state index is 10.8. The third kappa shape index (κ3) is 3.18. The van der Waals surface area contributed by atoms with Crippen molar-refractivity contribution >= 4 is 11.4 Å². The van der Waals surface area contributed by atoms with Gasteiger partial charge in [0.2, 0.25) is 0 Å². The van der Waals surface area contributed by atoms with Crippen molar-refractivity contribution in [1.82, 2.24) is 0 Å². The number of nitrogens with zero attached hydrogens (tertiary/aromatic N) is 1. The van der Waals surface area contributed by atoms with E-state index in [2.05, 4.69) is 5.32 Å². The maximum absolute atomic E-state index is 10.8. The van der Waals surface area contributed by atoms with Crippen molar-refractivity contribution in [2.45, 2.75) is 37.6 Å². The lowest BCUT2D eigenvalue weighted by molar-refractivity contribution is -0.384. The summed E-state index contributed by atoms with van der Waals surface area (Å²) in [5, 5.41) is 51.8. The summed E-state index contributed by atoms with van der Waals surface area (Å²) in [5.41, 5.74) is 0.916. The van der Waals surface area contributed by atoms with Gasteiger partial charge in [-0.2, -0.15) is 0 Å². The van der Waals surface area contributed by atoms with Gasteiger partial charge in [-0.05, 0) is 12.5 Å². The van der Waals surface area contributed by atoms with E-state index < -0.39 is 42.2 Å². The summed E-state index contributed by atoms with van der Waals surface area (Å²) < 4.78 is 5.31. The molecule has 1 heterocycles. The van der Waals surface area contributed by atoms with Crippen LogP contribution in [0.25, 0.3) is 0 Å². The van der Waals surface area contributed by atoms with Crippen molar-refractivity contribution < 1.29 is 30.1 Å². The van der Waals surface area contributed by atoms with Crippen LogP contribution >= 0.6 is 0 Å². The Bertz CT molecular complexity index is 553. The number of aliphatic hydroxyl groups is 4. The molecule has 22 heavy (non-hydrogen) atoms. The van der Waals surface area contributed by atoms with Crippen LogP contribution in [0, 0.1) is 17.0 Å². The molecule has 0 saturated carbocycles. The number of nitro groups is 1. The van der Waals surface area contributed by atoms with E-state index in [0.29, 0.717) is 11.3 Å². The smallest absolute Gasteiger partial charge is 0.271 e. The fraction of sp³-hybridized carbons (Fsp3) is 0.538. The molecule has 1 aliphatic rings. The molecule has 0 spiro atoms. The number of anilines is 1. The van der Waals surface area contributed by atoms with Crippen LogP contribution in [-0.2, 0) is 4.74 Å². The first-order chi connectivity index (χ1) is 10.3. The minimum Gasteiger partial charge on any atom is -0.394 e. The summed E-state index contributed by atoms with van der Waals surface area (Å²) in [7, 11) is 0. The van der Waals surface area contributed by atoms with Crippen molar-refractivity contribution in [3.63, 3.8) is 0 Å². The van der Waals surface area contributed by atoms with E-state index in [0.717, 1.165) is 0 Å². The van der Waals surface area contributed by atoms with E-state index in [-0.39, 0.29) is 5.69 Å². The summed E-state index contributed by atoms with van der Waals surface area (Å²) >= 11 is 0. The van der Waals surface area contributed by atoms with Crippen molar-refractivity contribution in [1.29, 1.82) is 0 Å². The number of non-ortho nitro benzene ring substituents is 1. The van der Waals surface area contributed by atoms with Gasteiger partial charge in [0, 0.05) is 17.8 Å². The van der Waals surface area contributed by atoms with Gasteiger partial charge in [-0.1, -0.05) is 6.07 Å². The van der Waals surface area contributed by atoms with E-state index in [1.165, 1.54) is 18.2 Å². The number of nitro benzene ring substituents is 1. The van der Waals surface area contributed by atoms with Crippen LogP contribution in [0.3, 0.4) is 0 Å². The van der Waals surface area contributed by atoms with Gasteiger partial charge in [-0.3, -0.25) is 10.1 Å². The Balaban J connectivity index is 2.17. The molecular formula is C13H18N2O7. The number of benzene rings is 1. The molecule has 5 atom stereocenters. The van der Waals surface area contributed by atoms with Crippen molar-refractivity contribution in [2.75, 3.05) is 11.9 Å². The maximum Gasteiger partial charge on any atom is 0.271 e. The van der Waals surface area contributed by atoms with E-state index in [1.54, 1.807) is 6.92 Å². The largest absolute Gasteiger partial charge is 0.394 e. The Kier molecular flexibility index (Phi) is 4.94. The molecule has 5 N–H and O–H groups in total. The van der Waals surface area contributed by atoms with Gasteiger partial charge in [-0.25, -0.2) is 0 Å². The second-order valence-corrected chi connectivity index (χ2v) is 5.15. The number of rotatable bonds is 5. The summed E-state index contributed by atoms with van der Waals surface area (Å²) in [4.78, 5) is 10.2. The quantitative estimate of drug-likeness (QED) is 0.348. The first kappa shape index (κ1) is 16.6. The topological polar surface area (TPSA) is 145 Å². The van der Waals surface area contributed by atoms with Gasteiger partial charge in [0.25, 0.3) is 5.69 Å². The lowest BCUT2D eigenvalue weighted by atomic mass is 10.1. The number of aryl methyl sites for hydroxylation is 1. The highest BCUT2D eigenvalue weighted by molar-refractivity contribution is 5.57. The molecule has 9 nitrogen and oxygen atoms in total. The Morgan fingerprint density at radius 3 is 2.68 bits per heavy atom. The average Bonchev–Trinajstić information content (AvgIpc) is 2.77. The Labute approximate surface area is 125 Å². The molecule has 1 aromatic rings. The predicted molar refractivity (Wildman–Crippen MR) is 75.2 cm³/mol. The Hall–Kier alpha value is -1.78. The van der Waals surface area contributed by atoms with Crippen molar-refractivity contribution in [3.05, 3.63) is 33.9 Å². The van der Waals surface area contributed by atoms with Gasteiger partial charge in [-0.15, -0.1) is 0 Å². The van der Waals surface area contributed by atoms with E-state index >= 15 is 0 Å². The minimum atomic E-state index is -1.39. The second kappa shape index (κ2) is 6.55. The van der Waals surface area contributed by atoms with Gasteiger partial charge >= 0.3 is 0 Å². The monoisotopic (exact) mass is 314 g/mol. The summed E-state index contributed by atoms with van der Waals surface area (Å²) in [6.07, 6.45) is -6.32. The molecule has 122 valence electrons. The third-order valence-corrected chi connectivity index (χ3v) is 3.60. The van der Waals surface area contributed by atoms with Gasteiger partial charge in [0.1, 0.15) is 24.4 Å². The molecule has 1 aromatic carbocycles. The molecule has 0 aliphatic carbocycles. The highest BCUT2D eigenvalue weighted by atomic mass is 16.6. The van der Waals surface area contributed by atoms with Crippen molar-refractivity contribution in [2.24, 2.45) is 0 Å². The van der Waals surface area contributed by atoms with Crippen LogP contribution in [0.2, 0.25) is 0 Å². The molecule has 1 fully saturated rings. The molecule has 0 radical (unpaired) electrons. The summed E-state index contributed by atoms with van der Waals surface area (Å²) in [6.45, 7) is 1.08. The van der Waals surface area contributed by atoms with Crippen LogP contribution in [0.5, 0.6) is 0 Å². The zero-order valence-corrected chi connectivity index (χ0v) is 11.8. The van der Waals surface area contributed by atoms with Crippen LogP contribution in [0.1, 0.15) is 5.56 Å². The first-order valence-electron chi connectivity index (χ1n) is 6.67. The second-order valence-electron chi connectivity index (χ2n) is 5.15. The number of hydrogen-bond acceptors (Lipinski definition) is 8. The van der Waals surface area contributed by atoms with E-state index in [1.807, 2.05) is 0 Å². The number of nitrogens with one attached hydrogen (secondary N) is 1. The average molecular weight is 314 g/mol. The predicted octanol–water partition coefficient (Wildman–Crippen LogP) is -0.885. The first-order valence-corrected chi connectivity index (χ1v) is 6.67. The normalized spacial score (nSPS) is 29.3. The fourth-order valence-electron chi connectivity index (χ4n) is 2.28. The molecule has 0 amide bonds. The Morgan fingerprint density at radius 1 is 1.41 bits per heavy atom. The summed E-state index contributed by atoms with van der Waals surface area (Å²) in [6, 6.07) is 4.17. The van der Waals surface area contributed by atoms with Gasteiger partial charge in [0.15, 0.2) is 6.23 Å². The number of ether oxygens (including phenoxy) is 1. The lowest BCUT2D eigenvalue weighted by Crippen LogP contribution is -2.40. The molecule has 9 heteroatoms. The molecule has 0 aromatic heterocycles. The molecule has 1 saturated heterocycles.